The molecule has 0 aromatic carbocycles. The summed E-state index contributed by atoms with van der Waals surface area (Å²) in [5.41, 5.74) is 1.97. The summed E-state index contributed by atoms with van der Waals surface area (Å²) in [7, 11) is 1.87. The molecule has 0 fully saturated rings. The summed E-state index contributed by atoms with van der Waals surface area (Å²) in [6.07, 6.45) is 1.47. The van der Waals surface area contributed by atoms with E-state index in [4.69, 9.17) is 0 Å². The summed E-state index contributed by atoms with van der Waals surface area (Å²) in [6.45, 7) is 6.58. The van der Waals surface area contributed by atoms with Crippen LogP contribution in [-0.4, -0.2) is 26.9 Å². The smallest absolute Gasteiger partial charge is 0.320 e. The van der Waals surface area contributed by atoms with Gasteiger partial charge in [-0.1, -0.05) is 20.8 Å². The minimum absolute atomic E-state index is 0.342. The molecule has 0 saturated heterocycles. The van der Waals surface area contributed by atoms with Gasteiger partial charge in [0, 0.05) is 13.6 Å². The number of halogens is 1. The van der Waals surface area contributed by atoms with Crippen molar-refractivity contribution < 1.29 is 9.90 Å². The largest absolute Gasteiger partial charge is 0.480 e. The summed E-state index contributed by atoms with van der Waals surface area (Å²) < 4.78 is 2.77. The van der Waals surface area contributed by atoms with Crippen molar-refractivity contribution in [2.45, 2.75) is 46.2 Å². The highest BCUT2D eigenvalue weighted by Gasteiger charge is 2.20. The first-order chi connectivity index (χ1) is 8.86. The van der Waals surface area contributed by atoms with Gasteiger partial charge in [-0.25, -0.2) is 0 Å². The Bertz CT molecular complexity index is 443. The number of carbonyl (C=O) groups is 1. The van der Waals surface area contributed by atoms with Crippen LogP contribution in [-0.2, 0) is 24.8 Å². The van der Waals surface area contributed by atoms with E-state index in [0.717, 1.165) is 22.3 Å². The van der Waals surface area contributed by atoms with Crippen molar-refractivity contribution in [3.8, 4) is 0 Å². The molecule has 108 valence electrons. The second kappa shape index (κ2) is 7.05. The van der Waals surface area contributed by atoms with Crippen LogP contribution >= 0.6 is 15.9 Å². The fraction of sp³-hybridized carbons (Fsp3) is 0.692. The van der Waals surface area contributed by atoms with Crippen LogP contribution in [0.15, 0.2) is 4.47 Å². The lowest BCUT2D eigenvalue weighted by molar-refractivity contribution is -0.140. The van der Waals surface area contributed by atoms with Crippen molar-refractivity contribution >= 4 is 21.9 Å². The number of nitrogens with zero attached hydrogens (tertiary/aromatic N) is 2. The molecular weight excluding hydrogens is 310 g/mol. The van der Waals surface area contributed by atoms with E-state index in [1.807, 2.05) is 27.8 Å². The van der Waals surface area contributed by atoms with Crippen LogP contribution in [0.5, 0.6) is 0 Å². The molecule has 0 saturated carbocycles. The van der Waals surface area contributed by atoms with Gasteiger partial charge < -0.3 is 5.11 Å². The maximum absolute atomic E-state index is 11.2. The van der Waals surface area contributed by atoms with Crippen molar-refractivity contribution in [2.75, 3.05) is 0 Å². The Kier molecular flexibility index (Phi) is 6.00. The summed E-state index contributed by atoms with van der Waals surface area (Å²) in [4.78, 5) is 11.2. The van der Waals surface area contributed by atoms with E-state index >= 15 is 0 Å². The molecule has 19 heavy (non-hydrogen) atoms. The van der Waals surface area contributed by atoms with Crippen LogP contribution < -0.4 is 5.32 Å². The molecule has 0 bridgehead atoms. The standard InChI is InChI=1S/C13H22BrN3O2/c1-5-9-12(14)11(17(4)16-9)7-15-10(13(18)19)6-8(2)3/h8,10,15H,5-7H2,1-4H3,(H,18,19). The Morgan fingerprint density at radius 1 is 1.53 bits per heavy atom. The average Bonchev–Trinajstić information content (AvgIpc) is 2.59. The van der Waals surface area contributed by atoms with Gasteiger partial charge in [0.05, 0.1) is 15.9 Å². The maximum atomic E-state index is 11.2. The predicted molar refractivity (Wildman–Crippen MR) is 78.0 cm³/mol. The first-order valence-corrected chi connectivity index (χ1v) is 7.32. The number of hydrogen-bond acceptors (Lipinski definition) is 3. The molecule has 1 aromatic rings. The number of hydrogen-bond donors (Lipinski definition) is 2. The van der Waals surface area contributed by atoms with Crippen LogP contribution in [0, 0.1) is 5.92 Å². The van der Waals surface area contributed by atoms with Gasteiger partial charge >= 0.3 is 5.97 Å². The first kappa shape index (κ1) is 16.2. The molecule has 6 heteroatoms. The molecular formula is C13H22BrN3O2. The van der Waals surface area contributed by atoms with Gasteiger partial charge in [0.15, 0.2) is 0 Å². The Morgan fingerprint density at radius 3 is 2.58 bits per heavy atom. The van der Waals surface area contributed by atoms with Gasteiger partial charge in [0.25, 0.3) is 0 Å². The second-order valence-corrected chi connectivity index (χ2v) is 5.88. The first-order valence-electron chi connectivity index (χ1n) is 6.53. The number of aliphatic carboxylic acids is 1. The third-order valence-corrected chi connectivity index (χ3v) is 3.94. The molecule has 2 N–H and O–H groups in total. The highest BCUT2D eigenvalue weighted by molar-refractivity contribution is 9.10. The summed E-state index contributed by atoms with van der Waals surface area (Å²) in [5.74, 6) is -0.461. The lowest BCUT2D eigenvalue weighted by Crippen LogP contribution is -2.37. The number of aryl methyl sites for hydroxylation is 2. The fourth-order valence-corrected chi connectivity index (χ4v) is 2.73. The zero-order chi connectivity index (χ0) is 14.6. The molecule has 0 radical (unpaired) electrons. The zero-order valence-electron chi connectivity index (χ0n) is 11.9. The van der Waals surface area contributed by atoms with Crippen LogP contribution in [0.2, 0.25) is 0 Å². The highest BCUT2D eigenvalue weighted by atomic mass is 79.9. The lowest BCUT2D eigenvalue weighted by Gasteiger charge is -2.16. The SMILES string of the molecule is CCc1nn(C)c(CNC(CC(C)C)C(=O)O)c1Br. The Hall–Kier alpha value is -0.880. The lowest BCUT2D eigenvalue weighted by atomic mass is 10.0. The number of carboxylic acids is 1. The van der Waals surface area contributed by atoms with E-state index in [2.05, 4.69) is 26.3 Å². The van der Waals surface area contributed by atoms with Crippen LogP contribution in [0.25, 0.3) is 0 Å². The molecule has 0 aliphatic rings. The van der Waals surface area contributed by atoms with Crippen molar-refractivity contribution in [2.24, 2.45) is 13.0 Å². The molecule has 0 amide bonds. The average molecular weight is 332 g/mol. The number of nitrogens with one attached hydrogen (secondary N) is 1. The molecule has 1 atom stereocenters. The van der Waals surface area contributed by atoms with Gasteiger partial charge in [-0.3, -0.25) is 14.8 Å². The van der Waals surface area contributed by atoms with Crippen molar-refractivity contribution in [1.82, 2.24) is 15.1 Å². The van der Waals surface area contributed by atoms with Gasteiger partial charge in [0.2, 0.25) is 0 Å². The van der Waals surface area contributed by atoms with Gasteiger partial charge in [-0.15, -0.1) is 0 Å². The quantitative estimate of drug-likeness (QED) is 0.804. The van der Waals surface area contributed by atoms with E-state index < -0.39 is 12.0 Å². The van der Waals surface area contributed by atoms with E-state index in [0.29, 0.717) is 18.9 Å². The molecule has 0 spiro atoms. The van der Waals surface area contributed by atoms with E-state index in [9.17, 15) is 9.90 Å². The molecule has 1 heterocycles. The molecule has 0 aliphatic heterocycles. The number of carboxylic acid groups (broad SMARTS) is 1. The van der Waals surface area contributed by atoms with Crippen LogP contribution in [0.3, 0.4) is 0 Å². The summed E-state index contributed by atoms with van der Waals surface area (Å²) >= 11 is 3.53. The Morgan fingerprint density at radius 2 is 2.16 bits per heavy atom. The normalized spacial score (nSPS) is 12.9. The highest BCUT2D eigenvalue weighted by Crippen LogP contribution is 2.21. The molecule has 5 nitrogen and oxygen atoms in total. The fourth-order valence-electron chi connectivity index (χ4n) is 1.97. The van der Waals surface area contributed by atoms with Crippen molar-refractivity contribution in [3.63, 3.8) is 0 Å². The topological polar surface area (TPSA) is 67.2 Å². The molecule has 1 rings (SSSR count). The Labute approximate surface area is 122 Å². The number of rotatable bonds is 7. The minimum Gasteiger partial charge on any atom is -0.480 e. The van der Waals surface area contributed by atoms with Gasteiger partial charge in [-0.2, -0.15) is 5.10 Å². The molecule has 1 unspecified atom stereocenters. The summed E-state index contributed by atoms with van der Waals surface area (Å²) in [6, 6.07) is -0.521. The van der Waals surface area contributed by atoms with Crippen molar-refractivity contribution in [3.05, 3.63) is 15.9 Å². The number of aromatic nitrogens is 2. The Balaban J connectivity index is 2.74. The van der Waals surface area contributed by atoms with Crippen molar-refractivity contribution in [1.29, 1.82) is 0 Å². The zero-order valence-corrected chi connectivity index (χ0v) is 13.5. The second-order valence-electron chi connectivity index (χ2n) is 5.09. The monoisotopic (exact) mass is 331 g/mol. The van der Waals surface area contributed by atoms with Crippen LogP contribution in [0.4, 0.5) is 0 Å². The molecule has 0 aliphatic carbocycles. The van der Waals surface area contributed by atoms with Gasteiger partial charge in [0.1, 0.15) is 6.04 Å². The van der Waals surface area contributed by atoms with Gasteiger partial charge in [-0.05, 0) is 34.7 Å². The third kappa shape index (κ3) is 4.31. The van der Waals surface area contributed by atoms with E-state index in [-0.39, 0.29) is 0 Å². The minimum atomic E-state index is -0.803. The molecule has 1 aromatic heterocycles. The van der Waals surface area contributed by atoms with E-state index in [1.54, 1.807) is 4.68 Å². The predicted octanol–water partition coefficient (Wildman–Crippen LogP) is 2.33. The third-order valence-electron chi connectivity index (χ3n) is 3.02. The van der Waals surface area contributed by atoms with E-state index in [1.165, 1.54) is 0 Å². The maximum Gasteiger partial charge on any atom is 0.320 e. The van der Waals surface area contributed by atoms with Crippen LogP contribution in [0.1, 0.15) is 38.6 Å². The summed E-state index contributed by atoms with van der Waals surface area (Å²) in [5, 5.41) is 16.7.